The molecule has 0 saturated carbocycles. The van der Waals surface area contributed by atoms with Crippen LogP contribution in [-0.4, -0.2) is 50.6 Å². The predicted molar refractivity (Wildman–Crippen MR) is 141 cm³/mol. The molecule has 0 aliphatic carbocycles. The molecule has 0 radical (unpaired) electrons. The minimum Gasteiger partial charge on any atom is -0.384 e. The van der Waals surface area contributed by atoms with E-state index in [9.17, 15) is 18.8 Å². The summed E-state index contributed by atoms with van der Waals surface area (Å²) in [5, 5.41) is 6.87. The Labute approximate surface area is 220 Å². The number of aromatic nitrogens is 3. The normalized spacial score (nSPS) is 17.6. The van der Waals surface area contributed by atoms with Crippen LogP contribution in [-0.2, 0) is 23.1 Å². The summed E-state index contributed by atoms with van der Waals surface area (Å²) in [5.74, 6) is -1.37. The van der Waals surface area contributed by atoms with Gasteiger partial charge in [-0.15, -0.1) is 0 Å². The number of nitrogen functional groups attached to an aromatic ring is 1. The van der Waals surface area contributed by atoms with Crippen molar-refractivity contribution in [3.8, 4) is 0 Å². The van der Waals surface area contributed by atoms with Crippen LogP contribution in [0.5, 0.6) is 0 Å². The fourth-order valence-corrected chi connectivity index (χ4v) is 4.95. The lowest BCUT2D eigenvalue weighted by Crippen LogP contribution is -2.70. The second kappa shape index (κ2) is 10.6. The number of halogens is 1. The van der Waals surface area contributed by atoms with Crippen molar-refractivity contribution in [1.82, 2.24) is 25.0 Å². The van der Waals surface area contributed by atoms with Crippen LogP contribution in [0.1, 0.15) is 41.8 Å². The third-order valence-corrected chi connectivity index (χ3v) is 6.88. The maximum Gasteiger partial charge on any atom is 0.325 e. The number of nitrogens with one attached hydrogen (secondary N) is 1. The molecule has 3 atom stereocenters. The van der Waals surface area contributed by atoms with Crippen molar-refractivity contribution in [3.63, 3.8) is 0 Å². The van der Waals surface area contributed by atoms with Gasteiger partial charge in [0, 0.05) is 31.4 Å². The molecule has 3 heterocycles. The zero-order valence-corrected chi connectivity index (χ0v) is 22.1. The van der Waals surface area contributed by atoms with Crippen molar-refractivity contribution in [2.75, 3.05) is 17.7 Å². The summed E-state index contributed by atoms with van der Waals surface area (Å²) in [4.78, 5) is 47.0. The minimum atomic E-state index is -1.07. The lowest BCUT2D eigenvalue weighted by molar-refractivity contribution is -0.156. The molecule has 1 fully saturated rings. The molecular formula is C27H32FN7O3. The Bertz CT molecular complexity index is 1370. The molecule has 2 aromatic heterocycles. The SMILES string of the molecule is CCC(NC(=O)N1C(=O)[C@H](Cc2cc(C)nc(N)c2)[C@H]1C(=O)N(C)c1ccnn1C)c1cc(C)ccc1F. The number of hydrogen-bond acceptors (Lipinski definition) is 6. The van der Waals surface area contributed by atoms with Gasteiger partial charge in [-0.1, -0.05) is 24.6 Å². The number of anilines is 2. The fraction of sp³-hybridized carbons (Fsp3) is 0.370. The topological polar surface area (TPSA) is 126 Å². The number of aryl methyl sites for hydroxylation is 3. The zero-order chi connectivity index (χ0) is 27.7. The van der Waals surface area contributed by atoms with Gasteiger partial charge in [-0.3, -0.25) is 24.1 Å². The van der Waals surface area contributed by atoms with E-state index in [2.05, 4.69) is 15.4 Å². The van der Waals surface area contributed by atoms with Gasteiger partial charge in [0.05, 0.1) is 18.2 Å². The molecule has 10 nitrogen and oxygen atoms in total. The van der Waals surface area contributed by atoms with Gasteiger partial charge in [-0.2, -0.15) is 5.10 Å². The van der Waals surface area contributed by atoms with Crippen LogP contribution in [0.15, 0.2) is 42.6 Å². The summed E-state index contributed by atoms with van der Waals surface area (Å²) in [7, 11) is 3.26. The third kappa shape index (κ3) is 5.09. The van der Waals surface area contributed by atoms with Crippen molar-refractivity contribution >= 4 is 29.5 Å². The van der Waals surface area contributed by atoms with Crippen LogP contribution in [0.4, 0.5) is 20.8 Å². The Balaban J connectivity index is 1.63. The number of likely N-dealkylation sites (N-methyl/N-ethyl adjacent to an activating group) is 1. The maximum absolute atomic E-state index is 14.6. The minimum absolute atomic E-state index is 0.204. The molecule has 11 heteroatoms. The average Bonchev–Trinajstić information content (AvgIpc) is 3.29. The summed E-state index contributed by atoms with van der Waals surface area (Å²) in [5.41, 5.74) is 8.47. The first-order chi connectivity index (χ1) is 18.0. The molecule has 200 valence electrons. The number of nitrogens with zero attached hydrogens (tertiary/aromatic N) is 5. The Hall–Kier alpha value is -4.28. The first-order valence-corrected chi connectivity index (χ1v) is 12.4. The van der Waals surface area contributed by atoms with Crippen LogP contribution >= 0.6 is 0 Å². The first-order valence-electron chi connectivity index (χ1n) is 12.4. The van der Waals surface area contributed by atoms with E-state index in [-0.39, 0.29) is 6.42 Å². The van der Waals surface area contributed by atoms with E-state index in [1.165, 1.54) is 15.6 Å². The highest BCUT2D eigenvalue weighted by atomic mass is 19.1. The monoisotopic (exact) mass is 521 g/mol. The van der Waals surface area contributed by atoms with Gasteiger partial charge in [0.2, 0.25) is 5.91 Å². The number of urea groups is 1. The number of carbonyl (C=O) groups excluding carboxylic acids is 3. The molecule has 1 aromatic carbocycles. The quantitative estimate of drug-likeness (QED) is 0.460. The number of nitrogens with two attached hydrogens (primary N) is 1. The molecule has 0 bridgehead atoms. The van der Waals surface area contributed by atoms with Gasteiger partial charge in [-0.05, 0) is 50.5 Å². The summed E-state index contributed by atoms with van der Waals surface area (Å²) in [6.45, 7) is 5.43. The highest BCUT2D eigenvalue weighted by Gasteiger charge is 2.55. The molecule has 1 saturated heterocycles. The Kier molecular flexibility index (Phi) is 7.47. The van der Waals surface area contributed by atoms with E-state index in [0.29, 0.717) is 29.3 Å². The van der Waals surface area contributed by atoms with E-state index >= 15 is 0 Å². The van der Waals surface area contributed by atoms with Gasteiger partial charge in [0.25, 0.3) is 5.91 Å². The summed E-state index contributed by atoms with van der Waals surface area (Å²) >= 11 is 0. The van der Waals surface area contributed by atoms with E-state index in [1.54, 1.807) is 57.5 Å². The Morgan fingerprint density at radius 2 is 1.95 bits per heavy atom. The average molecular weight is 522 g/mol. The number of rotatable bonds is 7. The molecule has 0 spiro atoms. The molecule has 4 amide bonds. The predicted octanol–water partition coefficient (Wildman–Crippen LogP) is 3.05. The molecule has 3 N–H and O–H groups in total. The van der Waals surface area contributed by atoms with Crippen molar-refractivity contribution < 1.29 is 18.8 Å². The number of likely N-dealkylation sites (tertiary alicyclic amines) is 1. The molecule has 1 aliphatic heterocycles. The standard InChI is InChI=1S/C27H32FN7O3/c1-6-21(18-11-15(2)7-8-20(18)28)32-27(38)35-24(26(37)33(4)23-9-10-30-34(23)5)19(25(35)36)13-17-12-16(3)31-22(29)14-17/h7-12,14,19,21,24H,6,13H2,1-5H3,(H2,29,31)(H,32,38)/t19-,21?,24+/m1/s1. The van der Waals surface area contributed by atoms with Gasteiger partial charge in [-0.25, -0.2) is 14.2 Å². The first kappa shape index (κ1) is 26.8. The van der Waals surface area contributed by atoms with E-state index < -0.39 is 41.7 Å². The Morgan fingerprint density at radius 3 is 2.58 bits per heavy atom. The van der Waals surface area contributed by atoms with Crippen molar-refractivity contribution in [1.29, 1.82) is 0 Å². The van der Waals surface area contributed by atoms with E-state index in [1.807, 2.05) is 13.8 Å². The lowest BCUT2D eigenvalue weighted by Gasteiger charge is -2.46. The number of imide groups is 1. The van der Waals surface area contributed by atoms with Crippen molar-refractivity contribution in [2.24, 2.45) is 13.0 Å². The van der Waals surface area contributed by atoms with Crippen LogP contribution in [0, 0.1) is 25.6 Å². The van der Waals surface area contributed by atoms with Crippen LogP contribution in [0.3, 0.4) is 0 Å². The highest BCUT2D eigenvalue weighted by Crippen LogP contribution is 2.34. The van der Waals surface area contributed by atoms with Crippen LogP contribution in [0.25, 0.3) is 0 Å². The number of amides is 4. The maximum atomic E-state index is 14.6. The molecule has 1 unspecified atom stereocenters. The third-order valence-electron chi connectivity index (χ3n) is 6.88. The van der Waals surface area contributed by atoms with Crippen molar-refractivity contribution in [2.45, 2.75) is 45.7 Å². The second-order valence-electron chi connectivity index (χ2n) is 9.65. The lowest BCUT2D eigenvalue weighted by atomic mass is 9.81. The zero-order valence-electron chi connectivity index (χ0n) is 22.1. The summed E-state index contributed by atoms with van der Waals surface area (Å²) < 4.78 is 16.1. The number of β-lactam (4-membered cyclic amide) rings is 1. The second-order valence-corrected chi connectivity index (χ2v) is 9.65. The van der Waals surface area contributed by atoms with E-state index in [0.717, 1.165) is 16.0 Å². The van der Waals surface area contributed by atoms with Crippen LogP contribution in [0.2, 0.25) is 0 Å². The summed E-state index contributed by atoms with van der Waals surface area (Å²) in [6.07, 6.45) is 2.15. The number of carbonyl (C=O) groups is 3. The van der Waals surface area contributed by atoms with Gasteiger partial charge in [0.1, 0.15) is 23.5 Å². The van der Waals surface area contributed by atoms with Gasteiger partial charge in [0.15, 0.2) is 0 Å². The highest BCUT2D eigenvalue weighted by molar-refractivity contribution is 6.12. The van der Waals surface area contributed by atoms with E-state index in [4.69, 9.17) is 5.73 Å². The molecule has 4 rings (SSSR count). The molecular weight excluding hydrogens is 489 g/mol. The Morgan fingerprint density at radius 1 is 1.21 bits per heavy atom. The van der Waals surface area contributed by atoms with Crippen molar-refractivity contribution in [3.05, 3.63) is 70.8 Å². The van der Waals surface area contributed by atoms with Gasteiger partial charge >= 0.3 is 6.03 Å². The molecule has 3 aromatic rings. The number of pyridine rings is 1. The summed E-state index contributed by atoms with van der Waals surface area (Å²) in [6, 6.07) is 7.28. The molecule has 38 heavy (non-hydrogen) atoms. The molecule has 1 aliphatic rings. The van der Waals surface area contributed by atoms with Crippen LogP contribution < -0.4 is 16.0 Å². The smallest absolute Gasteiger partial charge is 0.325 e. The van der Waals surface area contributed by atoms with Gasteiger partial charge < -0.3 is 11.1 Å². The fourth-order valence-electron chi connectivity index (χ4n) is 4.95. The number of benzene rings is 1. The number of hydrogen-bond donors (Lipinski definition) is 2. The largest absolute Gasteiger partial charge is 0.384 e.